The number of nitrogens with one attached hydrogen (secondary N) is 1. The van der Waals surface area contributed by atoms with Gasteiger partial charge in [-0.25, -0.2) is 10.2 Å². The fraction of sp³-hybridized carbons (Fsp3) is 0.111. The van der Waals surface area contributed by atoms with E-state index in [2.05, 4.69) is 25.8 Å². The quantitative estimate of drug-likeness (QED) is 0.579. The standard InChI is InChI=1S/C9H7BrF3N3O3/c10-6-2-5(19-9(11,12)13)1-4(7(6)17)3-15-16-8(14)18/h1-3,17H,(H3,14,16,18). The van der Waals surface area contributed by atoms with Gasteiger partial charge in [-0.15, -0.1) is 13.2 Å². The number of phenolic OH excluding ortho intramolecular Hbond substituents is 1. The first-order chi connectivity index (χ1) is 8.69. The topological polar surface area (TPSA) is 96.9 Å². The maximum atomic E-state index is 12.1. The van der Waals surface area contributed by atoms with Gasteiger partial charge in [0, 0.05) is 5.56 Å². The van der Waals surface area contributed by atoms with Crippen molar-refractivity contribution in [1.82, 2.24) is 5.43 Å². The molecule has 2 amide bonds. The highest BCUT2D eigenvalue weighted by Crippen LogP contribution is 2.34. The van der Waals surface area contributed by atoms with Crippen molar-refractivity contribution in [3.05, 3.63) is 22.2 Å². The first-order valence-corrected chi connectivity index (χ1v) is 5.35. The number of ether oxygens (including phenoxy) is 1. The molecule has 0 saturated carbocycles. The number of urea groups is 1. The Morgan fingerprint density at radius 1 is 1.53 bits per heavy atom. The summed E-state index contributed by atoms with van der Waals surface area (Å²) in [5, 5.41) is 12.9. The van der Waals surface area contributed by atoms with Crippen LogP contribution in [0.25, 0.3) is 0 Å². The largest absolute Gasteiger partial charge is 0.573 e. The predicted molar refractivity (Wildman–Crippen MR) is 62.8 cm³/mol. The van der Waals surface area contributed by atoms with Gasteiger partial charge in [0.15, 0.2) is 0 Å². The molecule has 0 aromatic heterocycles. The molecule has 4 N–H and O–H groups in total. The van der Waals surface area contributed by atoms with E-state index < -0.39 is 18.1 Å². The summed E-state index contributed by atoms with van der Waals surface area (Å²) in [6.07, 6.45) is -3.95. The van der Waals surface area contributed by atoms with Crippen molar-refractivity contribution in [2.24, 2.45) is 10.8 Å². The van der Waals surface area contributed by atoms with Crippen molar-refractivity contribution in [2.75, 3.05) is 0 Å². The van der Waals surface area contributed by atoms with Crippen LogP contribution >= 0.6 is 15.9 Å². The van der Waals surface area contributed by atoms with Crippen LogP contribution in [-0.4, -0.2) is 23.7 Å². The van der Waals surface area contributed by atoms with Crippen molar-refractivity contribution in [3.63, 3.8) is 0 Å². The number of rotatable bonds is 3. The third-order valence-electron chi connectivity index (χ3n) is 1.68. The maximum Gasteiger partial charge on any atom is 0.573 e. The van der Waals surface area contributed by atoms with Crippen LogP contribution in [0.5, 0.6) is 11.5 Å². The summed E-state index contributed by atoms with van der Waals surface area (Å²) in [5.74, 6) is -0.928. The van der Waals surface area contributed by atoms with E-state index in [1.807, 2.05) is 5.43 Å². The Bertz CT molecular complexity index is 519. The predicted octanol–water partition coefficient (Wildman–Crippen LogP) is 2.06. The number of alkyl halides is 3. The Hall–Kier alpha value is -1.97. The zero-order chi connectivity index (χ0) is 14.6. The minimum absolute atomic E-state index is 0.0326. The average Bonchev–Trinajstić information content (AvgIpc) is 2.22. The van der Waals surface area contributed by atoms with E-state index in [0.717, 1.165) is 18.3 Å². The van der Waals surface area contributed by atoms with E-state index >= 15 is 0 Å². The third-order valence-corrected chi connectivity index (χ3v) is 2.28. The zero-order valence-corrected chi connectivity index (χ0v) is 10.6. The number of phenols is 1. The lowest BCUT2D eigenvalue weighted by molar-refractivity contribution is -0.274. The number of carbonyl (C=O) groups is 1. The molecule has 6 nitrogen and oxygen atoms in total. The van der Waals surface area contributed by atoms with Crippen molar-refractivity contribution in [1.29, 1.82) is 0 Å². The van der Waals surface area contributed by atoms with E-state index in [1.165, 1.54) is 0 Å². The molecule has 0 aliphatic heterocycles. The van der Waals surface area contributed by atoms with E-state index in [0.29, 0.717) is 0 Å². The van der Waals surface area contributed by atoms with Crippen LogP contribution in [0.4, 0.5) is 18.0 Å². The molecule has 0 heterocycles. The zero-order valence-electron chi connectivity index (χ0n) is 9.03. The number of hydrazone groups is 1. The Morgan fingerprint density at radius 3 is 2.68 bits per heavy atom. The highest BCUT2D eigenvalue weighted by molar-refractivity contribution is 9.10. The number of benzene rings is 1. The van der Waals surface area contributed by atoms with Crippen LogP contribution in [0.2, 0.25) is 0 Å². The van der Waals surface area contributed by atoms with Crippen LogP contribution in [0.3, 0.4) is 0 Å². The first kappa shape index (κ1) is 15.1. The molecule has 1 aromatic rings. The second-order valence-corrected chi connectivity index (χ2v) is 3.98. The summed E-state index contributed by atoms with van der Waals surface area (Å²) in [5.41, 5.74) is 6.45. The molecule has 0 aliphatic carbocycles. The number of hydrogen-bond acceptors (Lipinski definition) is 4. The lowest BCUT2D eigenvalue weighted by Gasteiger charge is -2.11. The van der Waals surface area contributed by atoms with Crippen molar-refractivity contribution in [3.8, 4) is 11.5 Å². The van der Waals surface area contributed by atoms with Crippen molar-refractivity contribution in [2.45, 2.75) is 6.36 Å². The van der Waals surface area contributed by atoms with Gasteiger partial charge in [0.25, 0.3) is 0 Å². The highest BCUT2D eigenvalue weighted by atomic mass is 79.9. The number of halogens is 4. The summed E-state index contributed by atoms with van der Waals surface area (Å²) < 4.78 is 39.8. The molecule has 0 radical (unpaired) electrons. The molecule has 0 aliphatic rings. The molecule has 1 aromatic carbocycles. The Morgan fingerprint density at radius 2 is 2.16 bits per heavy atom. The lowest BCUT2D eigenvalue weighted by atomic mass is 10.2. The van der Waals surface area contributed by atoms with Gasteiger partial charge in [-0.3, -0.25) is 0 Å². The van der Waals surface area contributed by atoms with Gasteiger partial charge in [0.05, 0.1) is 10.7 Å². The van der Waals surface area contributed by atoms with Crippen LogP contribution in [0.1, 0.15) is 5.56 Å². The van der Waals surface area contributed by atoms with Crippen LogP contribution in [0.15, 0.2) is 21.7 Å². The number of aromatic hydroxyl groups is 1. The van der Waals surface area contributed by atoms with Crippen LogP contribution < -0.4 is 15.9 Å². The normalized spacial score (nSPS) is 11.6. The smallest absolute Gasteiger partial charge is 0.506 e. The van der Waals surface area contributed by atoms with Gasteiger partial charge in [-0.2, -0.15) is 5.10 Å². The van der Waals surface area contributed by atoms with Gasteiger partial charge in [-0.05, 0) is 28.1 Å². The average molecular weight is 342 g/mol. The third kappa shape index (κ3) is 5.04. The molecule has 19 heavy (non-hydrogen) atoms. The molecule has 104 valence electrons. The minimum Gasteiger partial charge on any atom is -0.506 e. The molecule has 1 rings (SSSR count). The molecular weight excluding hydrogens is 335 g/mol. The molecule has 0 atom stereocenters. The summed E-state index contributed by atoms with van der Waals surface area (Å²) in [4.78, 5) is 10.3. The van der Waals surface area contributed by atoms with Crippen molar-refractivity contribution < 1.29 is 27.8 Å². The maximum absolute atomic E-state index is 12.1. The van der Waals surface area contributed by atoms with E-state index in [1.54, 1.807) is 0 Å². The number of amides is 2. The number of carbonyl (C=O) groups excluding carboxylic acids is 1. The molecule has 0 spiro atoms. The second-order valence-electron chi connectivity index (χ2n) is 3.12. The Balaban J connectivity index is 3.03. The number of hydrogen-bond donors (Lipinski definition) is 3. The molecular formula is C9H7BrF3N3O3. The molecule has 0 fully saturated rings. The van der Waals surface area contributed by atoms with Crippen LogP contribution in [-0.2, 0) is 0 Å². The van der Waals surface area contributed by atoms with Gasteiger partial charge in [0.2, 0.25) is 0 Å². The van der Waals surface area contributed by atoms with Crippen molar-refractivity contribution >= 4 is 28.2 Å². The SMILES string of the molecule is NC(=O)NN=Cc1cc(OC(F)(F)F)cc(Br)c1O. The van der Waals surface area contributed by atoms with Gasteiger partial charge < -0.3 is 15.6 Å². The minimum atomic E-state index is -4.86. The number of primary amides is 1. The Labute approximate surface area is 113 Å². The van der Waals surface area contributed by atoms with Crippen LogP contribution in [0, 0.1) is 0 Å². The number of nitrogens with zero attached hydrogens (tertiary/aromatic N) is 1. The fourth-order valence-corrected chi connectivity index (χ4v) is 1.51. The summed E-state index contributed by atoms with van der Waals surface area (Å²) >= 11 is 2.85. The summed E-state index contributed by atoms with van der Waals surface area (Å²) in [6.45, 7) is 0. The first-order valence-electron chi connectivity index (χ1n) is 4.56. The van der Waals surface area contributed by atoms with E-state index in [4.69, 9.17) is 5.73 Å². The highest BCUT2D eigenvalue weighted by Gasteiger charge is 2.31. The Kier molecular flexibility index (Phi) is 4.59. The second kappa shape index (κ2) is 5.78. The number of nitrogens with two attached hydrogens (primary N) is 1. The van der Waals surface area contributed by atoms with Gasteiger partial charge in [-0.1, -0.05) is 0 Å². The fourth-order valence-electron chi connectivity index (χ4n) is 1.05. The summed E-state index contributed by atoms with van der Waals surface area (Å²) in [6, 6.07) is 0.860. The molecule has 10 heteroatoms. The summed E-state index contributed by atoms with van der Waals surface area (Å²) in [7, 11) is 0. The van der Waals surface area contributed by atoms with E-state index in [9.17, 15) is 23.1 Å². The molecule has 0 unspecified atom stereocenters. The molecule has 0 saturated heterocycles. The van der Waals surface area contributed by atoms with Gasteiger partial charge >= 0.3 is 12.4 Å². The van der Waals surface area contributed by atoms with Gasteiger partial charge in [0.1, 0.15) is 11.5 Å². The lowest BCUT2D eigenvalue weighted by Crippen LogP contribution is -2.24. The monoisotopic (exact) mass is 341 g/mol. The van der Waals surface area contributed by atoms with E-state index in [-0.39, 0.29) is 15.8 Å². The molecule has 0 bridgehead atoms.